The molecule has 138 valence electrons. The van der Waals surface area contributed by atoms with Crippen LogP contribution in [0.15, 0.2) is 24.3 Å². The van der Waals surface area contributed by atoms with Crippen LogP contribution in [0, 0.1) is 18.3 Å². The van der Waals surface area contributed by atoms with E-state index in [2.05, 4.69) is 15.9 Å². The van der Waals surface area contributed by atoms with Crippen molar-refractivity contribution in [2.24, 2.45) is 0 Å². The number of nitriles is 1. The molecular formula is C21H30BrNO2. The van der Waals surface area contributed by atoms with Gasteiger partial charge in [-0.1, -0.05) is 90.7 Å². The Balaban J connectivity index is 2.10. The Morgan fingerprint density at radius 1 is 1.00 bits per heavy atom. The average molecular weight is 408 g/mol. The lowest BCUT2D eigenvalue weighted by atomic mass is 10.00. The molecule has 0 radical (unpaired) electrons. The Hall–Kier alpha value is -1.34. The third-order valence-corrected chi connectivity index (χ3v) is 4.86. The van der Waals surface area contributed by atoms with E-state index in [0.717, 1.165) is 23.7 Å². The fraction of sp³-hybridized carbons (Fsp3) is 0.619. The maximum atomic E-state index is 12.1. The summed E-state index contributed by atoms with van der Waals surface area (Å²) in [5.74, 6) is -1.25. The Bertz CT molecular complexity index is 522. The maximum absolute atomic E-state index is 12.1. The van der Waals surface area contributed by atoms with Crippen LogP contribution in [0.1, 0.15) is 74.8 Å². The predicted molar refractivity (Wildman–Crippen MR) is 106 cm³/mol. The van der Waals surface area contributed by atoms with Gasteiger partial charge in [0.05, 0.1) is 12.7 Å². The van der Waals surface area contributed by atoms with Crippen LogP contribution in [0.4, 0.5) is 0 Å². The van der Waals surface area contributed by atoms with E-state index in [0.29, 0.717) is 12.2 Å². The molecule has 0 saturated heterocycles. The van der Waals surface area contributed by atoms with Crippen molar-refractivity contribution in [2.45, 2.75) is 70.6 Å². The number of ether oxygens (including phenoxy) is 1. The molecule has 0 saturated carbocycles. The lowest BCUT2D eigenvalue weighted by molar-refractivity contribution is -0.144. The molecule has 0 N–H and O–H groups in total. The molecule has 0 aliphatic carbocycles. The SMILES string of the molecule is Cc1ccc(C(C#N)C(=O)OCCCCCCCCCCCBr)cc1. The van der Waals surface area contributed by atoms with Crippen molar-refractivity contribution in [1.82, 2.24) is 0 Å². The summed E-state index contributed by atoms with van der Waals surface area (Å²) in [6, 6.07) is 9.51. The average Bonchev–Trinajstić information content (AvgIpc) is 2.62. The van der Waals surface area contributed by atoms with E-state index in [1.807, 2.05) is 37.3 Å². The summed E-state index contributed by atoms with van der Waals surface area (Å²) >= 11 is 3.45. The fourth-order valence-corrected chi connectivity index (χ4v) is 3.11. The van der Waals surface area contributed by atoms with Gasteiger partial charge < -0.3 is 4.74 Å². The van der Waals surface area contributed by atoms with Crippen LogP contribution in [0.25, 0.3) is 0 Å². The monoisotopic (exact) mass is 407 g/mol. The fourth-order valence-electron chi connectivity index (χ4n) is 2.71. The third-order valence-electron chi connectivity index (χ3n) is 4.30. The highest BCUT2D eigenvalue weighted by atomic mass is 79.9. The van der Waals surface area contributed by atoms with E-state index in [9.17, 15) is 10.1 Å². The molecular weight excluding hydrogens is 378 g/mol. The van der Waals surface area contributed by atoms with Gasteiger partial charge in [-0.05, 0) is 25.3 Å². The third kappa shape index (κ3) is 9.65. The van der Waals surface area contributed by atoms with E-state index < -0.39 is 11.9 Å². The summed E-state index contributed by atoms with van der Waals surface area (Å²) < 4.78 is 5.29. The zero-order chi connectivity index (χ0) is 18.3. The first-order valence-electron chi connectivity index (χ1n) is 9.38. The molecule has 1 rings (SSSR count). The number of halogens is 1. The summed E-state index contributed by atoms with van der Waals surface area (Å²) in [6.45, 7) is 2.39. The van der Waals surface area contributed by atoms with Gasteiger partial charge in [0.2, 0.25) is 0 Å². The van der Waals surface area contributed by atoms with Crippen LogP contribution in [-0.4, -0.2) is 17.9 Å². The molecule has 0 heterocycles. The first-order valence-corrected chi connectivity index (χ1v) is 10.5. The van der Waals surface area contributed by atoms with Crippen molar-refractivity contribution in [3.05, 3.63) is 35.4 Å². The van der Waals surface area contributed by atoms with Gasteiger partial charge in [-0.2, -0.15) is 5.26 Å². The van der Waals surface area contributed by atoms with Crippen LogP contribution in [0.3, 0.4) is 0 Å². The molecule has 0 bridgehead atoms. The quantitative estimate of drug-likeness (QED) is 0.227. The molecule has 0 spiro atoms. The number of rotatable bonds is 13. The van der Waals surface area contributed by atoms with Crippen LogP contribution >= 0.6 is 15.9 Å². The molecule has 1 atom stereocenters. The summed E-state index contributed by atoms with van der Waals surface area (Å²) in [5, 5.41) is 10.4. The highest BCUT2D eigenvalue weighted by Crippen LogP contribution is 2.18. The molecule has 0 aromatic heterocycles. The summed E-state index contributed by atoms with van der Waals surface area (Å²) in [4.78, 5) is 12.1. The number of unbranched alkanes of at least 4 members (excludes halogenated alkanes) is 8. The van der Waals surface area contributed by atoms with E-state index in [-0.39, 0.29) is 0 Å². The summed E-state index contributed by atoms with van der Waals surface area (Å²) in [5.41, 5.74) is 1.81. The van der Waals surface area contributed by atoms with Crippen molar-refractivity contribution in [3.8, 4) is 6.07 Å². The Morgan fingerprint density at radius 3 is 2.04 bits per heavy atom. The predicted octanol–water partition coefficient (Wildman–Crippen LogP) is 6.05. The molecule has 1 aromatic rings. The second-order valence-corrected chi connectivity index (χ2v) is 7.30. The topological polar surface area (TPSA) is 50.1 Å². The lowest BCUT2D eigenvalue weighted by Gasteiger charge is -2.10. The highest BCUT2D eigenvalue weighted by Gasteiger charge is 2.21. The molecule has 1 unspecified atom stereocenters. The zero-order valence-electron chi connectivity index (χ0n) is 15.3. The van der Waals surface area contributed by atoms with Gasteiger partial charge in [0, 0.05) is 5.33 Å². The molecule has 25 heavy (non-hydrogen) atoms. The smallest absolute Gasteiger partial charge is 0.327 e. The van der Waals surface area contributed by atoms with Crippen molar-refractivity contribution in [1.29, 1.82) is 5.26 Å². The van der Waals surface area contributed by atoms with Gasteiger partial charge in [0.15, 0.2) is 5.92 Å². The van der Waals surface area contributed by atoms with Gasteiger partial charge in [-0.15, -0.1) is 0 Å². The van der Waals surface area contributed by atoms with Crippen molar-refractivity contribution in [2.75, 3.05) is 11.9 Å². The minimum absolute atomic E-state index is 0.411. The molecule has 1 aromatic carbocycles. The van der Waals surface area contributed by atoms with Crippen molar-refractivity contribution in [3.63, 3.8) is 0 Å². The minimum atomic E-state index is -0.819. The normalized spacial score (nSPS) is 11.7. The second-order valence-electron chi connectivity index (χ2n) is 6.51. The van der Waals surface area contributed by atoms with Crippen molar-refractivity contribution >= 4 is 21.9 Å². The number of hydrogen-bond acceptors (Lipinski definition) is 3. The van der Waals surface area contributed by atoms with Crippen LogP contribution in [-0.2, 0) is 9.53 Å². The standard InChI is InChI=1S/C21H30BrNO2/c1-18-11-13-19(14-12-18)20(17-23)21(24)25-16-10-8-6-4-2-3-5-7-9-15-22/h11-14,20H,2-10,15-16H2,1H3. The number of hydrogen-bond donors (Lipinski definition) is 0. The number of aryl methyl sites for hydroxylation is 1. The van der Waals surface area contributed by atoms with Gasteiger partial charge in [-0.25, -0.2) is 0 Å². The van der Waals surface area contributed by atoms with Crippen molar-refractivity contribution < 1.29 is 9.53 Å². The molecule has 0 aliphatic heterocycles. The zero-order valence-corrected chi connectivity index (χ0v) is 16.9. The minimum Gasteiger partial charge on any atom is -0.464 e. The Labute approximate surface area is 160 Å². The largest absolute Gasteiger partial charge is 0.464 e. The van der Waals surface area contributed by atoms with E-state index in [4.69, 9.17) is 4.74 Å². The first kappa shape index (κ1) is 21.7. The molecule has 0 fully saturated rings. The highest BCUT2D eigenvalue weighted by molar-refractivity contribution is 9.09. The molecule has 4 heteroatoms. The van der Waals surface area contributed by atoms with Gasteiger partial charge in [-0.3, -0.25) is 4.79 Å². The van der Waals surface area contributed by atoms with Gasteiger partial charge in [0.1, 0.15) is 0 Å². The lowest BCUT2D eigenvalue weighted by Crippen LogP contribution is -2.15. The molecule has 3 nitrogen and oxygen atoms in total. The number of carbonyl (C=O) groups excluding carboxylic acids is 1. The first-order chi connectivity index (χ1) is 12.2. The number of nitrogens with zero attached hydrogens (tertiary/aromatic N) is 1. The van der Waals surface area contributed by atoms with Gasteiger partial charge in [0.25, 0.3) is 0 Å². The Morgan fingerprint density at radius 2 is 1.52 bits per heavy atom. The van der Waals surface area contributed by atoms with Gasteiger partial charge >= 0.3 is 5.97 Å². The van der Waals surface area contributed by atoms with E-state index in [1.165, 1.54) is 44.9 Å². The number of carbonyl (C=O) groups is 1. The molecule has 0 amide bonds. The van der Waals surface area contributed by atoms with Crippen LogP contribution in [0.5, 0.6) is 0 Å². The van der Waals surface area contributed by atoms with E-state index in [1.54, 1.807) is 0 Å². The summed E-state index contributed by atoms with van der Waals surface area (Å²) in [6.07, 6.45) is 11.0. The number of benzene rings is 1. The molecule has 0 aliphatic rings. The Kier molecular flexibility index (Phi) is 12.1. The second kappa shape index (κ2) is 13.9. The number of alkyl halides is 1. The van der Waals surface area contributed by atoms with E-state index >= 15 is 0 Å². The van der Waals surface area contributed by atoms with Crippen LogP contribution in [0.2, 0.25) is 0 Å². The van der Waals surface area contributed by atoms with Crippen LogP contribution < -0.4 is 0 Å². The summed E-state index contributed by atoms with van der Waals surface area (Å²) in [7, 11) is 0. The maximum Gasteiger partial charge on any atom is 0.327 e. The number of esters is 1.